The average Bonchev–Trinajstić information content (AvgIpc) is 2.52. The number of fused-ring (bicyclic) bond motifs is 1. The number of aliphatic hydroxyl groups excluding tert-OH is 2. The van der Waals surface area contributed by atoms with E-state index in [0.717, 1.165) is 5.56 Å². The molecule has 1 aromatic rings. The van der Waals surface area contributed by atoms with Crippen LogP contribution in [0.15, 0.2) is 30.3 Å². The van der Waals surface area contributed by atoms with E-state index in [4.69, 9.17) is 14.2 Å². The molecule has 0 aromatic heterocycles. The van der Waals surface area contributed by atoms with Crippen molar-refractivity contribution in [1.82, 2.24) is 0 Å². The lowest BCUT2D eigenvalue weighted by Crippen LogP contribution is -2.61. The first-order chi connectivity index (χ1) is 10.6. The van der Waals surface area contributed by atoms with Gasteiger partial charge in [0.2, 0.25) is 0 Å². The van der Waals surface area contributed by atoms with E-state index in [2.05, 4.69) is 0 Å². The maximum absolute atomic E-state index is 10.4. The predicted molar refractivity (Wildman–Crippen MR) is 83.4 cm³/mol. The van der Waals surface area contributed by atoms with Crippen molar-refractivity contribution in [2.24, 2.45) is 0 Å². The van der Waals surface area contributed by atoms with Gasteiger partial charge in [0.25, 0.3) is 0 Å². The van der Waals surface area contributed by atoms with E-state index in [0.29, 0.717) is 11.9 Å². The van der Waals surface area contributed by atoms with Crippen LogP contribution in [0.4, 0.5) is 0 Å². The van der Waals surface area contributed by atoms with Crippen molar-refractivity contribution < 1.29 is 24.4 Å². The van der Waals surface area contributed by atoms with Crippen molar-refractivity contribution in [3.05, 3.63) is 35.9 Å². The largest absolute Gasteiger partial charge is 0.387 e. The molecule has 0 radical (unpaired) electrons. The van der Waals surface area contributed by atoms with Gasteiger partial charge in [-0.1, -0.05) is 44.2 Å². The summed E-state index contributed by atoms with van der Waals surface area (Å²) in [4.78, 5) is 0. The number of rotatable bonds is 3. The molecule has 6 heteroatoms. The third-order valence-corrected chi connectivity index (χ3v) is 5.01. The van der Waals surface area contributed by atoms with Crippen molar-refractivity contribution in [2.75, 3.05) is 6.61 Å². The molecule has 0 aliphatic carbocycles. The monoisotopic (exact) mass is 326 g/mol. The standard InChI is InChI=1S/C16H22O5S/c1-9(2)22-16-13(18)12(17)14-11(20-16)8-19-15(21-14)10-6-4-3-5-7-10/h3-7,9,11-18H,8H2,1-2H3. The molecule has 6 unspecified atom stereocenters. The van der Waals surface area contributed by atoms with Gasteiger partial charge in [0.05, 0.1) is 6.61 Å². The Hall–Kier alpha value is -0.630. The second-order valence-corrected chi connectivity index (χ2v) is 7.57. The Kier molecular flexibility index (Phi) is 5.07. The van der Waals surface area contributed by atoms with Crippen LogP contribution in [0.3, 0.4) is 0 Å². The smallest absolute Gasteiger partial charge is 0.184 e. The van der Waals surface area contributed by atoms with Gasteiger partial charge < -0.3 is 24.4 Å². The zero-order valence-electron chi connectivity index (χ0n) is 12.7. The number of hydrogen-bond donors (Lipinski definition) is 2. The van der Waals surface area contributed by atoms with Crippen molar-refractivity contribution in [3.8, 4) is 0 Å². The molecule has 5 nitrogen and oxygen atoms in total. The van der Waals surface area contributed by atoms with Crippen LogP contribution in [0.1, 0.15) is 25.7 Å². The predicted octanol–water partition coefficient (Wildman–Crippen LogP) is 1.69. The van der Waals surface area contributed by atoms with E-state index in [-0.39, 0.29) is 6.10 Å². The van der Waals surface area contributed by atoms with Gasteiger partial charge in [0.15, 0.2) is 6.29 Å². The van der Waals surface area contributed by atoms with Crippen LogP contribution >= 0.6 is 11.8 Å². The molecule has 22 heavy (non-hydrogen) atoms. The fraction of sp³-hybridized carbons (Fsp3) is 0.625. The zero-order chi connectivity index (χ0) is 15.7. The Morgan fingerprint density at radius 2 is 1.82 bits per heavy atom. The molecule has 2 saturated heterocycles. The summed E-state index contributed by atoms with van der Waals surface area (Å²) in [6.45, 7) is 4.39. The molecule has 0 bridgehead atoms. The highest BCUT2D eigenvalue weighted by Crippen LogP contribution is 2.37. The molecule has 1 aromatic carbocycles. The molecule has 2 heterocycles. The van der Waals surface area contributed by atoms with Crippen molar-refractivity contribution >= 4 is 11.8 Å². The fourth-order valence-corrected chi connectivity index (χ4v) is 3.80. The second-order valence-electron chi connectivity index (χ2n) is 5.89. The highest BCUT2D eigenvalue weighted by atomic mass is 32.2. The van der Waals surface area contributed by atoms with E-state index < -0.39 is 30.0 Å². The summed E-state index contributed by atoms with van der Waals surface area (Å²) in [5.41, 5.74) is 0.429. The summed E-state index contributed by atoms with van der Waals surface area (Å²) in [7, 11) is 0. The van der Waals surface area contributed by atoms with Gasteiger partial charge in [-0.15, -0.1) is 11.8 Å². The zero-order valence-corrected chi connectivity index (χ0v) is 13.5. The lowest BCUT2D eigenvalue weighted by molar-refractivity contribution is -0.318. The molecule has 2 N–H and O–H groups in total. The lowest BCUT2D eigenvalue weighted by atomic mass is 9.99. The van der Waals surface area contributed by atoms with Gasteiger partial charge in [-0.05, 0) is 0 Å². The van der Waals surface area contributed by atoms with Crippen LogP contribution in [0.2, 0.25) is 0 Å². The molecule has 0 amide bonds. The molecule has 122 valence electrons. The first-order valence-corrected chi connectivity index (χ1v) is 8.49. The van der Waals surface area contributed by atoms with Crippen LogP contribution in [-0.4, -0.2) is 51.9 Å². The summed E-state index contributed by atoms with van der Waals surface area (Å²) in [6, 6.07) is 9.56. The van der Waals surface area contributed by atoms with Crippen LogP contribution in [-0.2, 0) is 14.2 Å². The highest BCUT2D eigenvalue weighted by molar-refractivity contribution is 8.00. The molecular formula is C16H22O5S. The number of benzene rings is 1. The minimum Gasteiger partial charge on any atom is -0.387 e. The highest BCUT2D eigenvalue weighted by Gasteiger charge is 2.49. The normalized spacial score (nSPS) is 38.8. The van der Waals surface area contributed by atoms with Gasteiger partial charge >= 0.3 is 0 Å². The van der Waals surface area contributed by atoms with Crippen LogP contribution in [0.25, 0.3) is 0 Å². The molecule has 2 aliphatic rings. The topological polar surface area (TPSA) is 68.2 Å². The van der Waals surface area contributed by atoms with Gasteiger partial charge in [-0.25, -0.2) is 0 Å². The molecule has 6 atom stereocenters. The summed E-state index contributed by atoms with van der Waals surface area (Å²) in [5, 5.41) is 21.0. The van der Waals surface area contributed by atoms with E-state index in [9.17, 15) is 10.2 Å². The summed E-state index contributed by atoms with van der Waals surface area (Å²) >= 11 is 1.50. The second kappa shape index (κ2) is 6.86. The van der Waals surface area contributed by atoms with Crippen LogP contribution in [0.5, 0.6) is 0 Å². The Morgan fingerprint density at radius 3 is 2.50 bits per heavy atom. The Morgan fingerprint density at radius 1 is 1.09 bits per heavy atom. The first kappa shape index (κ1) is 16.2. The summed E-state index contributed by atoms with van der Waals surface area (Å²) < 4.78 is 17.4. The number of ether oxygens (including phenoxy) is 3. The lowest BCUT2D eigenvalue weighted by Gasteiger charge is -2.46. The van der Waals surface area contributed by atoms with Gasteiger partial charge in [-0.3, -0.25) is 0 Å². The van der Waals surface area contributed by atoms with Gasteiger partial charge in [-0.2, -0.15) is 0 Å². The molecular weight excluding hydrogens is 304 g/mol. The Labute approximate surface area is 134 Å². The minimum atomic E-state index is -0.981. The molecule has 0 spiro atoms. The average molecular weight is 326 g/mol. The Balaban J connectivity index is 1.70. The molecule has 3 rings (SSSR count). The van der Waals surface area contributed by atoms with Crippen molar-refractivity contribution in [3.63, 3.8) is 0 Å². The van der Waals surface area contributed by atoms with Gasteiger partial charge in [0.1, 0.15) is 29.9 Å². The first-order valence-electron chi connectivity index (χ1n) is 7.55. The summed E-state index contributed by atoms with van der Waals surface area (Å²) in [5.74, 6) is 0. The summed E-state index contributed by atoms with van der Waals surface area (Å²) in [6.07, 6.45) is -3.44. The van der Waals surface area contributed by atoms with Crippen molar-refractivity contribution in [1.29, 1.82) is 0 Å². The third-order valence-electron chi connectivity index (χ3n) is 3.81. The van der Waals surface area contributed by atoms with Crippen molar-refractivity contribution in [2.45, 2.75) is 55.2 Å². The molecule has 2 aliphatic heterocycles. The SMILES string of the molecule is CC(C)SC1OC2COC(c3ccccc3)OC2C(O)C1O. The van der Waals surface area contributed by atoms with E-state index in [1.54, 1.807) is 0 Å². The van der Waals surface area contributed by atoms with E-state index >= 15 is 0 Å². The fourth-order valence-electron chi connectivity index (χ4n) is 2.74. The maximum atomic E-state index is 10.4. The molecule has 2 fully saturated rings. The van der Waals surface area contributed by atoms with Gasteiger partial charge in [0, 0.05) is 10.8 Å². The number of thioether (sulfide) groups is 1. The van der Waals surface area contributed by atoms with E-state index in [1.807, 2.05) is 44.2 Å². The van der Waals surface area contributed by atoms with E-state index in [1.165, 1.54) is 11.8 Å². The quantitative estimate of drug-likeness (QED) is 0.881. The number of aliphatic hydroxyl groups is 2. The van der Waals surface area contributed by atoms with Crippen LogP contribution < -0.4 is 0 Å². The molecule has 0 saturated carbocycles. The third kappa shape index (κ3) is 3.32. The minimum absolute atomic E-state index is 0.297. The maximum Gasteiger partial charge on any atom is 0.184 e. The Bertz CT molecular complexity index is 481. The van der Waals surface area contributed by atoms with Crippen LogP contribution in [0, 0.1) is 0 Å². The number of hydrogen-bond acceptors (Lipinski definition) is 6.